The van der Waals surface area contributed by atoms with Gasteiger partial charge >= 0.3 is 0 Å². The van der Waals surface area contributed by atoms with Gasteiger partial charge in [-0.25, -0.2) is 4.68 Å². The van der Waals surface area contributed by atoms with Crippen molar-refractivity contribution in [2.24, 2.45) is 7.05 Å². The molecule has 0 spiro atoms. The Bertz CT molecular complexity index is 1100. The number of carbonyl (C=O) groups is 1. The van der Waals surface area contributed by atoms with Gasteiger partial charge in [0.15, 0.2) is 6.10 Å². The van der Waals surface area contributed by atoms with Crippen molar-refractivity contribution in [2.45, 2.75) is 52.6 Å². The zero-order valence-corrected chi connectivity index (χ0v) is 19.1. The number of benzene rings is 2. The Morgan fingerprint density at radius 3 is 2.23 bits per heavy atom. The van der Waals surface area contributed by atoms with Gasteiger partial charge in [-0.15, -0.1) is 0 Å². The van der Waals surface area contributed by atoms with E-state index < -0.39 is 6.10 Å². The van der Waals surface area contributed by atoms with Gasteiger partial charge in [-0.05, 0) is 48.6 Å². The molecule has 1 N–H and O–H groups in total. The molecule has 1 unspecified atom stereocenters. The summed E-state index contributed by atoms with van der Waals surface area (Å²) >= 11 is 0. The van der Waals surface area contributed by atoms with Crippen LogP contribution in [0.4, 0.5) is 5.69 Å². The van der Waals surface area contributed by atoms with Crippen molar-refractivity contribution >= 4 is 11.6 Å². The molecular weight excluding hydrogens is 390 g/mol. The smallest absolute Gasteiger partial charge is 0.295 e. The van der Waals surface area contributed by atoms with Gasteiger partial charge in [0.1, 0.15) is 11.4 Å². The van der Waals surface area contributed by atoms with E-state index in [1.807, 2.05) is 68.4 Å². The average Bonchev–Trinajstić information content (AvgIpc) is 2.95. The summed E-state index contributed by atoms with van der Waals surface area (Å²) in [6, 6.07) is 17.1. The molecule has 0 saturated heterocycles. The van der Waals surface area contributed by atoms with E-state index in [9.17, 15) is 9.59 Å². The fraction of sp³-hybridized carbons (Fsp3) is 0.360. The molecule has 1 aromatic heterocycles. The van der Waals surface area contributed by atoms with Crippen molar-refractivity contribution in [3.8, 4) is 11.4 Å². The quantitative estimate of drug-likeness (QED) is 0.634. The van der Waals surface area contributed by atoms with Crippen molar-refractivity contribution in [2.75, 3.05) is 5.32 Å². The van der Waals surface area contributed by atoms with Gasteiger partial charge in [0.05, 0.1) is 11.4 Å². The van der Waals surface area contributed by atoms with Crippen LogP contribution < -0.4 is 15.6 Å². The number of carbonyl (C=O) groups excluding carboxylic acids is 1. The molecule has 0 aliphatic rings. The zero-order chi connectivity index (χ0) is 22.8. The highest BCUT2D eigenvalue weighted by Crippen LogP contribution is 2.25. The van der Waals surface area contributed by atoms with Crippen molar-refractivity contribution in [1.82, 2.24) is 9.36 Å². The van der Waals surface area contributed by atoms with E-state index in [0.29, 0.717) is 17.9 Å². The summed E-state index contributed by atoms with van der Waals surface area (Å²) in [4.78, 5) is 26.0. The molecule has 0 aliphatic carbocycles. The molecule has 0 fully saturated rings. The molecule has 0 aliphatic heterocycles. The van der Waals surface area contributed by atoms with Crippen molar-refractivity contribution in [3.05, 3.63) is 76.2 Å². The predicted octanol–water partition coefficient (Wildman–Crippen LogP) is 4.58. The maximum absolute atomic E-state index is 13.0. The summed E-state index contributed by atoms with van der Waals surface area (Å²) in [5.74, 6) is 0.287. The molecule has 2 aromatic carbocycles. The maximum Gasteiger partial charge on any atom is 0.295 e. The highest BCUT2D eigenvalue weighted by atomic mass is 16.5. The van der Waals surface area contributed by atoms with Crippen LogP contribution in [0.3, 0.4) is 0 Å². The van der Waals surface area contributed by atoms with E-state index in [1.165, 1.54) is 10.2 Å². The number of para-hydroxylation sites is 1. The van der Waals surface area contributed by atoms with E-state index in [0.717, 1.165) is 5.69 Å². The van der Waals surface area contributed by atoms with Crippen LogP contribution in [0.25, 0.3) is 5.69 Å². The van der Waals surface area contributed by atoms with Crippen LogP contribution in [0.5, 0.6) is 5.75 Å². The monoisotopic (exact) mass is 421 g/mol. The van der Waals surface area contributed by atoms with Gasteiger partial charge in [-0.3, -0.25) is 14.3 Å². The Kier molecular flexibility index (Phi) is 6.39. The van der Waals surface area contributed by atoms with Crippen LogP contribution in [0.15, 0.2) is 59.4 Å². The number of rotatable bonds is 6. The van der Waals surface area contributed by atoms with Crippen LogP contribution >= 0.6 is 0 Å². The van der Waals surface area contributed by atoms with Gasteiger partial charge in [-0.2, -0.15) is 0 Å². The first kappa shape index (κ1) is 22.4. The minimum Gasteiger partial charge on any atom is -0.481 e. The van der Waals surface area contributed by atoms with Crippen LogP contribution in [0.2, 0.25) is 0 Å². The minimum absolute atomic E-state index is 0.0452. The maximum atomic E-state index is 13.0. The number of ether oxygens (including phenoxy) is 1. The number of anilines is 1. The average molecular weight is 422 g/mol. The molecule has 1 amide bonds. The Hall–Kier alpha value is -3.28. The van der Waals surface area contributed by atoms with Crippen LogP contribution in [0, 0.1) is 6.92 Å². The van der Waals surface area contributed by atoms with E-state index in [1.54, 1.807) is 11.7 Å². The summed E-state index contributed by atoms with van der Waals surface area (Å²) in [7, 11) is 1.80. The third-order valence-electron chi connectivity index (χ3n) is 5.46. The Balaban J connectivity index is 1.81. The molecule has 31 heavy (non-hydrogen) atoms. The van der Waals surface area contributed by atoms with Crippen LogP contribution in [-0.4, -0.2) is 21.4 Å². The van der Waals surface area contributed by atoms with Gasteiger partial charge < -0.3 is 10.1 Å². The Morgan fingerprint density at radius 2 is 1.68 bits per heavy atom. The largest absolute Gasteiger partial charge is 0.481 e. The van der Waals surface area contributed by atoms with E-state index >= 15 is 0 Å². The lowest BCUT2D eigenvalue weighted by Crippen LogP contribution is -2.34. The number of hydrogen-bond donors (Lipinski definition) is 1. The first-order chi connectivity index (χ1) is 14.6. The first-order valence-electron chi connectivity index (χ1n) is 10.6. The number of amides is 1. The molecule has 0 bridgehead atoms. The minimum atomic E-state index is -0.704. The van der Waals surface area contributed by atoms with Gasteiger partial charge in [-0.1, -0.05) is 58.0 Å². The zero-order valence-electron chi connectivity index (χ0n) is 19.1. The third-order valence-corrected chi connectivity index (χ3v) is 5.46. The standard InChI is InChI=1S/C25H31N3O3/c1-7-21(31-20-15-13-18(14-16-20)25(3,4)5)23(29)26-22-17(2)27(6)28(24(22)30)19-11-9-8-10-12-19/h8-16,21H,7H2,1-6H3,(H,26,29). The summed E-state index contributed by atoms with van der Waals surface area (Å²) in [6.45, 7) is 10.1. The number of hydrogen-bond acceptors (Lipinski definition) is 3. The molecule has 1 atom stereocenters. The van der Waals surface area contributed by atoms with E-state index in [-0.39, 0.29) is 22.6 Å². The summed E-state index contributed by atoms with van der Waals surface area (Å²) < 4.78 is 9.22. The van der Waals surface area contributed by atoms with Crippen molar-refractivity contribution in [1.29, 1.82) is 0 Å². The lowest BCUT2D eigenvalue weighted by molar-refractivity contribution is -0.122. The van der Waals surface area contributed by atoms with E-state index in [4.69, 9.17) is 4.74 Å². The molecule has 3 rings (SSSR count). The fourth-order valence-corrected chi connectivity index (χ4v) is 3.44. The second-order valence-electron chi connectivity index (χ2n) is 8.71. The molecule has 3 aromatic rings. The molecule has 6 heteroatoms. The van der Waals surface area contributed by atoms with Crippen LogP contribution in [0.1, 0.15) is 45.4 Å². The lowest BCUT2D eigenvalue weighted by Gasteiger charge is -2.20. The Labute approximate surface area is 183 Å². The molecule has 6 nitrogen and oxygen atoms in total. The fourth-order valence-electron chi connectivity index (χ4n) is 3.44. The third kappa shape index (κ3) is 4.74. The molecule has 0 saturated carbocycles. The van der Waals surface area contributed by atoms with Crippen LogP contribution in [-0.2, 0) is 17.3 Å². The van der Waals surface area contributed by atoms with E-state index in [2.05, 4.69) is 26.1 Å². The van der Waals surface area contributed by atoms with Gasteiger partial charge in [0.2, 0.25) is 0 Å². The highest BCUT2D eigenvalue weighted by molar-refractivity contribution is 5.94. The molecular formula is C25H31N3O3. The summed E-state index contributed by atoms with van der Waals surface area (Å²) in [6.07, 6.45) is -0.226. The molecule has 1 heterocycles. The first-order valence-corrected chi connectivity index (χ1v) is 10.6. The highest BCUT2D eigenvalue weighted by Gasteiger charge is 2.24. The predicted molar refractivity (Wildman–Crippen MR) is 124 cm³/mol. The second kappa shape index (κ2) is 8.84. The lowest BCUT2D eigenvalue weighted by atomic mass is 9.87. The summed E-state index contributed by atoms with van der Waals surface area (Å²) in [5.41, 5.74) is 2.64. The molecule has 0 radical (unpaired) electrons. The van der Waals surface area contributed by atoms with Crippen molar-refractivity contribution < 1.29 is 9.53 Å². The Morgan fingerprint density at radius 1 is 1.06 bits per heavy atom. The second-order valence-corrected chi connectivity index (χ2v) is 8.71. The number of aromatic nitrogens is 2. The number of nitrogens with one attached hydrogen (secondary N) is 1. The summed E-state index contributed by atoms with van der Waals surface area (Å²) in [5, 5.41) is 2.80. The SMILES string of the molecule is CCC(Oc1ccc(C(C)(C)C)cc1)C(=O)Nc1c(C)n(C)n(-c2ccccc2)c1=O. The van der Waals surface area contributed by atoms with Crippen molar-refractivity contribution in [3.63, 3.8) is 0 Å². The normalized spacial score (nSPS) is 12.5. The van der Waals surface area contributed by atoms with Gasteiger partial charge in [0.25, 0.3) is 11.5 Å². The topological polar surface area (TPSA) is 65.3 Å². The number of nitrogens with zero attached hydrogens (tertiary/aromatic N) is 2. The van der Waals surface area contributed by atoms with Gasteiger partial charge in [0, 0.05) is 7.05 Å². The molecule has 164 valence electrons.